The molecule has 2 aliphatic heterocycles. The molecule has 216 valence electrons. The van der Waals surface area contributed by atoms with Gasteiger partial charge in [-0.3, -0.25) is 9.59 Å². The van der Waals surface area contributed by atoms with Crippen molar-refractivity contribution in [2.24, 2.45) is 0 Å². The first-order valence-electron chi connectivity index (χ1n) is 12.8. The first-order chi connectivity index (χ1) is 19.5. The summed E-state index contributed by atoms with van der Waals surface area (Å²) in [4.78, 5) is 31.4. The van der Waals surface area contributed by atoms with Crippen LogP contribution in [-0.4, -0.2) is 54.1 Å². The van der Waals surface area contributed by atoms with E-state index in [4.69, 9.17) is 4.74 Å². The van der Waals surface area contributed by atoms with E-state index >= 15 is 0 Å². The first kappa shape index (κ1) is 28.3. The Balaban J connectivity index is 1.41. The molecule has 0 saturated carbocycles. The molecule has 13 heteroatoms. The van der Waals surface area contributed by atoms with Crippen LogP contribution in [0.15, 0.2) is 54.7 Å². The summed E-state index contributed by atoms with van der Waals surface area (Å²) in [5.41, 5.74) is 0.432. The molecule has 1 fully saturated rings. The highest BCUT2D eigenvalue weighted by Gasteiger charge is 2.60. The lowest BCUT2D eigenvalue weighted by Crippen LogP contribution is -2.35. The summed E-state index contributed by atoms with van der Waals surface area (Å²) in [6.07, 6.45) is -2.82. The first-order valence-corrected chi connectivity index (χ1v) is 12.8. The van der Waals surface area contributed by atoms with Gasteiger partial charge in [-0.2, -0.15) is 22.0 Å². The molecule has 0 unspecified atom stereocenters. The maximum atomic E-state index is 14.4. The molecule has 1 saturated heterocycles. The number of likely N-dealkylation sites (N-methyl/N-ethyl adjacent to an activating group) is 1. The molecule has 2 amide bonds. The molecule has 3 heterocycles. The van der Waals surface area contributed by atoms with E-state index in [1.807, 2.05) is 11.9 Å². The van der Waals surface area contributed by atoms with Crippen molar-refractivity contribution in [3.05, 3.63) is 77.0 Å². The quantitative estimate of drug-likeness (QED) is 0.310. The van der Waals surface area contributed by atoms with Gasteiger partial charge in [0.1, 0.15) is 18.2 Å². The number of ether oxygens (including phenoxy) is 1. The van der Waals surface area contributed by atoms with Crippen LogP contribution in [0.25, 0.3) is 0 Å². The number of nitrogens with zero attached hydrogens (tertiary/aromatic N) is 2. The highest BCUT2D eigenvalue weighted by molar-refractivity contribution is 6.08. The van der Waals surface area contributed by atoms with Gasteiger partial charge in [-0.15, -0.1) is 0 Å². The summed E-state index contributed by atoms with van der Waals surface area (Å²) in [6, 6.07) is 10.4. The third-order valence-corrected chi connectivity index (χ3v) is 7.19. The minimum absolute atomic E-state index is 0.0447. The molecule has 0 spiro atoms. The van der Waals surface area contributed by atoms with Crippen LogP contribution in [0, 0.1) is 0 Å². The van der Waals surface area contributed by atoms with Gasteiger partial charge in [-0.1, -0.05) is 6.07 Å². The molecular weight excluding hydrogens is 549 g/mol. The predicted molar refractivity (Wildman–Crippen MR) is 141 cm³/mol. The van der Waals surface area contributed by atoms with Crippen LogP contribution in [0.4, 0.5) is 39.1 Å². The lowest BCUT2D eigenvalue weighted by Gasteiger charge is -2.25. The highest BCUT2D eigenvalue weighted by atomic mass is 19.4. The van der Waals surface area contributed by atoms with Gasteiger partial charge in [0.05, 0.1) is 11.1 Å². The van der Waals surface area contributed by atoms with Crippen molar-refractivity contribution in [1.29, 1.82) is 0 Å². The van der Waals surface area contributed by atoms with Crippen LogP contribution in [0.3, 0.4) is 0 Å². The summed E-state index contributed by atoms with van der Waals surface area (Å²) in [7, 11) is 1.82. The van der Waals surface area contributed by atoms with Crippen LogP contribution in [0.5, 0.6) is 5.75 Å². The van der Waals surface area contributed by atoms with E-state index in [1.54, 1.807) is 18.2 Å². The van der Waals surface area contributed by atoms with Gasteiger partial charge in [-0.05, 0) is 62.8 Å². The lowest BCUT2D eigenvalue weighted by atomic mass is 10.1. The molecule has 5 rings (SSSR count). The number of alkyl halides is 5. The van der Waals surface area contributed by atoms with E-state index in [2.05, 4.69) is 20.9 Å². The number of carbonyl (C=O) groups excluding carboxylic acids is 2. The maximum Gasteiger partial charge on any atom is 0.458 e. The number of halogens is 5. The monoisotopic (exact) mass is 575 g/mol. The minimum atomic E-state index is -5.84. The Bertz CT molecular complexity index is 1480. The number of anilines is 3. The molecule has 8 nitrogen and oxygen atoms in total. The fraction of sp³-hybridized carbons (Fsp3) is 0.321. The number of hydrogen-bond acceptors (Lipinski definition) is 6. The zero-order valence-electron chi connectivity index (χ0n) is 21.8. The molecular formula is C28H26F5N5O3. The van der Waals surface area contributed by atoms with Crippen molar-refractivity contribution in [2.75, 3.05) is 30.8 Å². The molecule has 0 radical (unpaired) electrons. The maximum absolute atomic E-state index is 14.4. The summed E-state index contributed by atoms with van der Waals surface area (Å²) >= 11 is 0. The molecule has 41 heavy (non-hydrogen) atoms. The summed E-state index contributed by atoms with van der Waals surface area (Å²) in [5.74, 6) is -6.61. The van der Waals surface area contributed by atoms with Crippen molar-refractivity contribution in [1.82, 2.24) is 15.2 Å². The number of benzene rings is 2. The second-order valence-corrected chi connectivity index (χ2v) is 9.86. The lowest BCUT2D eigenvalue weighted by molar-refractivity contribution is -0.289. The van der Waals surface area contributed by atoms with E-state index in [-0.39, 0.29) is 35.6 Å². The molecule has 1 atom stereocenters. The van der Waals surface area contributed by atoms with Crippen LogP contribution in [0.2, 0.25) is 0 Å². The Morgan fingerprint density at radius 1 is 1.15 bits per heavy atom. The smallest absolute Gasteiger partial charge is 0.458 e. The minimum Gasteiger partial charge on any atom is -0.491 e. The topological polar surface area (TPSA) is 95.6 Å². The number of carbonyl (C=O) groups is 2. The van der Waals surface area contributed by atoms with Gasteiger partial charge in [0, 0.05) is 47.4 Å². The Hall–Kier alpha value is -4.26. The zero-order valence-corrected chi connectivity index (χ0v) is 21.8. The second-order valence-electron chi connectivity index (χ2n) is 9.86. The molecule has 3 aromatic rings. The molecule has 3 N–H and O–H groups in total. The average Bonchev–Trinajstić information content (AvgIpc) is 3.52. The van der Waals surface area contributed by atoms with Crippen LogP contribution in [-0.2, 0) is 12.5 Å². The third-order valence-electron chi connectivity index (χ3n) is 7.19. The molecule has 0 aliphatic carbocycles. The van der Waals surface area contributed by atoms with Crippen molar-refractivity contribution in [3.63, 3.8) is 0 Å². The van der Waals surface area contributed by atoms with Gasteiger partial charge in [0.15, 0.2) is 0 Å². The zero-order chi connectivity index (χ0) is 29.4. The van der Waals surface area contributed by atoms with E-state index in [0.29, 0.717) is 35.8 Å². The number of pyridine rings is 1. The van der Waals surface area contributed by atoms with Crippen molar-refractivity contribution in [3.8, 4) is 5.75 Å². The number of likely N-dealkylation sites (tertiary alicyclic amines) is 1. The van der Waals surface area contributed by atoms with Crippen LogP contribution < -0.4 is 20.7 Å². The van der Waals surface area contributed by atoms with E-state index < -0.39 is 29.3 Å². The number of aromatic nitrogens is 1. The summed E-state index contributed by atoms with van der Waals surface area (Å²) < 4.78 is 74.0. The van der Waals surface area contributed by atoms with Crippen LogP contribution in [0.1, 0.15) is 44.7 Å². The third kappa shape index (κ3) is 5.67. The van der Waals surface area contributed by atoms with Gasteiger partial charge in [-0.25, -0.2) is 4.98 Å². The van der Waals surface area contributed by atoms with Crippen LogP contribution >= 0.6 is 0 Å². The fourth-order valence-electron chi connectivity index (χ4n) is 4.89. The Morgan fingerprint density at radius 3 is 2.68 bits per heavy atom. The SMILES string of the molecule is CN1CCC[C@@H]1COc1cc(NC(=O)c2cccnc2Nc2cccc3c2CNC3=O)ccc1C(F)(F)C(F)(F)F. The normalized spacial score (nSPS) is 17.2. The average molecular weight is 576 g/mol. The number of hydrogen-bond donors (Lipinski definition) is 3. The number of amides is 2. The number of fused-ring (bicyclic) bond motifs is 1. The van der Waals surface area contributed by atoms with Crippen molar-refractivity contribution >= 4 is 29.0 Å². The van der Waals surface area contributed by atoms with Crippen molar-refractivity contribution in [2.45, 2.75) is 37.5 Å². The largest absolute Gasteiger partial charge is 0.491 e. The standard InChI is InChI=1S/C28H26F5N5O3/c1-38-12-4-5-17(38)15-41-23-13-16(9-10-21(23)27(29,30)28(31,32)33)36-26(40)19-7-3-11-34-24(19)37-22-8-2-6-18-20(22)14-35-25(18)39/h2-3,6-11,13,17H,4-5,12,14-15H2,1H3,(H,34,37)(H,35,39)(H,36,40)/t17-/m1/s1. The van der Waals surface area contributed by atoms with E-state index in [0.717, 1.165) is 25.1 Å². The van der Waals surface area contributed by atoms with E-state index in [9.17, 15) is 31.5 Å². The number of rotatable bonds is 8. The Morgan fingerprint density at radius 2 is 1.95 bits per heavy atom. The number of nitrogens with one attached hydrogen (secondary N) is 3. The predicted octanol–water partition coefficient (Wildman–Crippen LogP) is 5.45. The van der Waals surface area contributed by atoms with Gasteiger partial charge in [0.2, 0.25) is 0 Å². The highest BCUT2D eigenvalue weighted by Crippen LogP contribution is 2.48. The molecule has 2 aromatic carbocycles. The van der Waals surface area contributed by atoms with Gasteiger partial charge < -0.3 is 25.6 Å². The van der Waals surface area contributed by atoms with Gasteiger partial charge in [0.25, 0.3) is 11.8 Å². The molecule has 0 bridgehead atoms. The van der Waals surface area contributed by atoms with E-state index in [1.165, 1.54) is 18.3 Å². The fourth-order valence-corrected chi connectivity index (χ4v) is 4.89. The molecule has 1 aromatic heterocycles. The van der Waals surface area contributed by atoms with Gasteiger partial charge >= 0.3 is 12.1 Å². The Kier molecular flexibility index (Phi) is 7.56. The Labute approximate surface area is 231 Å². The summed E-state index contributed by atoms with van der Waals surface area (Å²) in [5, 5.41) is 8.32. The second kappa shape index (κ2) is 11.0. The molecule has 2 aliphatic rings. The van der Waals surface area contributed by atoms with Crippen molar-refractivity contribution < 1.29 is 36.3 Å². The summed E-state index contributed by atoms with van der Waals surface area (Å²) in [6.45, 7) is 0.958.